The SMILES string of the molecule is CN1CCc2cc(C(=O)c3ccccc3)ccc2C1.NS. The smallest absolute Gasteiger partial charge is 0.193 e. The highest BCUT2D eigenvalue weighted by Gasteiger charge is 2.16. The maximum Gasteiger partial charge on any atom is 0.193 e. The van der Waals surface area contributed by atoms with Gasteiger partial charge in [-0.2, -0.15) is 0 Å². The number of rotatable bonds is 2. The fraction of sp³-hybridized carbons (Fsp3) is 0.235. The molecule has 2 aromatic rings. The zero-order valence-electron chi connectivity index (χ0n) is 12.1. The number of carbonyl (C=O) groups excluding carboxylic acids is 1. The quantitative estimate of drug-likeness (QED) is 0.662. The standard InChI is InChI=1S/C17H17NO.H3NS/c1-18-10-9-14-11-15(7-8-16(14)12-18)17(19)13-5-3-2-4-6-13;1-2/h2-8,11H,9-10,12H2,1H3;2H,1H2. The Labute approximate surface area is 131 Å². The van der Waals surface area contributed by atoms with E-state index in [2.05, 4.69) is 42.0 Å². The number of benzene rings is 2. The molecular weight excluding hydrogens is 280 g/mol. The maximum atomic E-state index is 12.4. The van der Waals surface area contributed by atoms with Gasteiger partial charge in [0.2, 0.25) is 0 Å². The molecule has 2 N–H and O–H groups in total. The first-order valence-corrected chi connectivity index (χ1v) is 7.41. The molecule has 21 heavy (non-hydrogen) atoms. The molecule has 1 aliphatic rings. The molecule has 1 heterocycles. The van der Waals surface area contributed by atoms with Crippen LogP contribution in [0.2, 0.25) is 0 Å². The first-order chi connectivity index (χ1) is 10.2. The van der Waals surface area contributed by atoms with E-state index in [4.69, 9.17) is 0 Å². The second-order valence-electron chi connectivity index (χ2n) is 5.17. The number of carbonyl (C=O) groups is 1. The summed E-state index contributed by atoms with van der Waals surface area (Å²) >= 11 is 3.03. The van der Waals surface area contributed by atoms with Crippen molar-refractivity contribution in [1.29, 1.82) is 0 Å². The predicted octanol–water partition coefficient (Wildman–Crippen LogP) is 2.70. The minimum Gasteiger partial charge on any atom is -0.302 e. The molecule has 110 valence electrons. The van der Waals surface area contributed by atoms with Crippen molar-refractivity contribution < 1.29 is 4.79 Å². The van der Waals surface area contributed by atoms with Gasteiger partial charge < -0.3 is 4.90 Å². The molecule has 2 aromatic carbocycles. The van der Waals surface area contributed by atoms with Crippen molar-refractivity contribution in [1.82, 2.24) is 4.90 Å². The first kappa shape index (κ1) is 15.8. The molecule has 4 heteroatoms. The average molecular weight is 300 g/mol. The van der Waals surface area contributed by atoms with E-state index in [-0.39, 0.29) is 5.78 Å². The predicted molar refractivity (Wildman–Crippen MR) is 89.5 cm³/mol. The summed E-state index contributed by atoms with van der Waals surface area (Å²) in [6.07, 6.45) is 1.03. The molecule has 0 unspecified atom stereocenters. The molecular formula is C17H20N2OS. The van der Waals surface area contributed by atoms with Crippen LogP contribution >= 0.6 is 12.8 Å². The number of hydrogen-bond acceptors (Lipinski definition) is 4. The lowest BCUT2D eigenvalue weighted by molar-refractivity contribution is 0.103. The summed E-state index contributed by atoms with van der Waals surface area (Å²) in [7, 11) is 2.13. The summed E-state index contributed by atoms with van der Waals surface area (Å²) in [4.78, 5) is 14.7. The second-order valence-corrected chi connectivity index (χ2v) is 5.17. The van der Waals surface area contributed by atoms with Gasteiger partial charge in [-0.15, -0.1) is 12.8 Å². The van der Waals surface area contributed by atoms with Gasteiger partial charge in [-0.05, 0) is 30.7 Å². The molecule has 0 aromatic heterocycles. The number of ketones is 1. The maximum absolute atomic E-state index is 12.4. The van der Waals surface area contributed by atoms with E-state index < -0.39 is 0 Å². The topological polar surface area (TPSA) is 46.3 Å². The summed E-state index contributed by atoms with van der Waals surface area (Å²) in [5, 5.41) is 4.19. The zero-order chi connectivity index (χ0) is 15.2. The van der Waals surface area contributed by atoms with Crippen molar-refractivity contribution in [3.8, 4) is 0 Å². The molecule has 0 radical (unpaired) electrons. The minimum atomic E-state index is 0.113. The Morgan fingerprint density at radius 3 is 2.48 bits per heavy atom. The van der Waals surface area contributed by atoms with Crippen LogP contribution < -0.4 is 5.14 Å². The van der Waals surface area contributed by atoms with Crippen LogP contribution in [0.3, 0.4) is 0 Å². The largest absolute Gasteiger partial charge is 0.302 e. The van der Waals surface area contributed by atoms with Gasteiger partial charge in [0.1, 0.15) is 0 Å². The Morgan fingerprint density at radius 2 is 1.76 bits per heavy atom. The normalized spacial score (nSPS) is 13.9. The Kier molecular flexibility index (Phi) is 5.56. The summed E-state index contributed by atoms with van der Waals surface area (Å²) < 4.78 is 0. The van der Waals surface area contributed by atoms with Crippen LogP contribution in [0.5, 0.6) is 0 Å². The van der Waals surface area contributed by atoms with Gasteiger partial charge in [0.25, 0.3) is 0 Å². The second kappa shape index (κ2) is 7.41. The van der Waals surface area contributed by atoms with Crippen LogP contribution in [-0.4, -0.2) is 24.3 Å². The van der Waals surface area contributed by atoms with Crippen LogP contribution in [0.25, 0.3) is 0 Å². The van der Waals surface area contributed by atoms with Crippen LogP contribution in [0.1, 0.15) is 27.0 Å². The van der Waals surface area contributed by atoms with Gasteiger partial charge in [-0.25, -0.2) is 0 Å². The van der Waals surface area contributed by atoms with E-state index in [1.165, 1.54) is 11.1 Å². The van der Waals surface area contributed by atoms with E-state index in [1.807, 2.05) is 36.4 Å². The summed E-state index contributed by atoms with van der Waals surface area (Å²) in [6, 6.07) is 15.6. The summed E-state index contributed by atoms with van der Waals surface area (Å²) in [5.41, 5.74) is 4.23. The fourth-order valence-electron chi connectivity index (χ4n) is 2.59. The highest BCUT2D eigenvalue weighted by Crippen LogP contribution is 2.21. The molecule has 0 saturated heterocycles. The van der Waals surface area contributed by atoms with E-state index in [1.54, 1.807) is 0 Å². The lowest BCUT2D eigenvalue weighted by atomic mass is 9.94. The van der Waals surface area contributed by atoms with Crippen molar-refractivity contribution >= 4 is 18.6 Å². The van der Waals surface area contributed by atoms with E-state index in [0.29, 0.717) is 0 Å². The first-order valence-electron chi connectivity index (χ1n) is 6.90. The third-order valence-corrected chi connectivity index (χ3v) is 3.71. The third-order valence-electron chi connectivity index (χ3n) is 3.71. The molecule has 0 saturated carbocycles. The lowest BCUT2D eigenvalue weighted by Crippen LogP contribution is -2.26. The highest BCUT2D eigenvalue weighted by atomic mass is 32.1. The molecule has 0 amide bonds. The van der Waals surface area contributed by atoms with Gasteiger partial charge in [0.15, 0.2) is 5.78 Å². The van der Waals surface area contributed by atoms with Crippen molar-refractivity contribution in [3.63, 3.8) is 0 Å². The van der Waals surface area contributed by atoms with E-state index >= 15 is 0 Å². The molecule has 0 spiro atoms. The Morgan fingerprint density at radius 1 is 1.05 bits per heavy atom. The van der Waals surface area contributed by atoms with Crippen molar-refractivity contribution in [2.75, 3.05) is 13.6 Å². The van der Waals surface area contributed by atoms with Crippen molar-refractivity contribution in [3.05, 3.63) is 70.8 Å². The van der Waals surface area contributed by atoms with Crippen LogP contribution in [0, 0.1) is 0 Å². The Hall–Kier alpha value is -1.62. The Bertz CT molecular complexity index is 613. The highest BCUT2D eigenvalue weighted by molar-refractivity contribution is 7.77. The molecule has 0 fully saturated rings. The average Bonchev–Trinajstić information content (AvgIpc) is 2.56. The van der Waals surface area contributed by atoms with Gasteiger partial charge in [0.05, 0.1) is 0 Å². The molecule has 1 aliphatic heterocycles. The molecule has 0 aliphatic carbocycles. The molecule has 0 atom stereocenters. The number of thiol groups is 1. The number of hydrogen-bond donors (Lipinski definition) is 2. The number of nitrogens with two attached hydrogens (primary N) is 1. The number of likely N-dealkylation sites (N-methyl/N-ethyl adjacent to an activating group) is 1. The number of fused-ring (bicyclic) bond motifs is 1. The monoisotopic (exact) mass is 300 g/mol. The van der Waals surface area contributed by atoms with Crippen molar-refractivity contribution in [2.45, 2.75) is 13.0 Å². The summed E-state index contributed by atoms with van der Waals surface area (Å²) in [5.74, 6) is 0.113. The third kappa shape index (κ3) is 3.73. The van der Waals surface area contributed by atoms with Crippen LogP contribution in [0.4, 0.5) is 0 Å². The van der Waals surface area contributed by atoms with Gasteiger partial charge in [0, 0.05) is 24.2 Å². The van der Waals surface area contributed by atoms with Gasteiger partial charge >= 0.3 is 0 Å². The van der Waals surface area contributed by atoms with Crippen molar-refractivity contribution in [2.24, 2.45) is 5.14 Å². The lowest BCUT2D eigenvalue weighted by Gasteiger charge is -2.25. The Balaban J connectivity index is 0.000000774. The summed E-state index contributed by atoms with van der Waals surface area (Å²) in [6.45, 7) is 2.05. The van der Waals surface area contributed by atoms with Gasteiger partial charge in [-0.1, -0.05) is 42.5 Å². The molecule has 3 nitrogen and oxygen atoms in total. The van der Waals surface area contributed by atoms with E-state index in [9.17, 15) is 4.79 Å². The molecule has 0 bridgehead atoms. The van der Waals surface area contributed by atoms with Crippen LogP contribution in [0.15, 0.2) is 48.5 Å². The minimum absolute atomic E-state index is 0.113. The van der Waals surface area contributed by atoms with Gasteiger partial charge in [-0.3, -0.25) is 9.93 Å². The molecule has 3 rings (SSSR count). The van der Waals surface area contributed by atoms with Crippen LogP contribution in [-0.2, 0) is 13.0 Å². The van der Waals surface area contributed by atoms with E-state index in [0.717, 1.165) is 30.6 Å². The zero-order valence-corrected chi connectivity index (χ0v) is 13.0. The fourth-order valence-corrected chi connectivity index (χ4v) is 2.59. The number of nitrogens with zero attached hydrogens (tertiary/aromatic N) is 1.